The number of rotatable bonds is 1. The van der Waals surface area contributed by atoms with E-state index in [1.807, 2.05) is 0 Å². The molecule has 0 aromatic heterocycles. The maximum absolute atomic E-state index is 3.95. The van der Waals surface area contributed by atoms with Crippen molar-refractivity contribution in [3.05, 3.63) is 6.92 Å². The zero-order valence-corrected chi connectivity index (χ0v) is 7.26. The number of hydrogen-bond donors (Lipinski definition) is 0. The Balaban J connectivity index is 1.92. The van der Waals surface area contributed by atoms with Crippen LogP contribution in [0.3, 0.4) is 0 Å². The van der Waals surface area contributed by atoms with Crippen LogP contribution in [0.25, 0.3) is 0 Å². The predicted molar refractivity (Wildman–Crippen MR) is 47.2 cm³/mol. The van der Waals surface area contributed by atoms with Crippen LogP contribution in [0.15, 0.2) is 0 Å². The van der Waals surface area contributed by atoms with Gasteiger partial charge in [0.05, 0.1) is 0 Å². The maximum atomic E-state index is 3.95. The van der Waals surface area contributed by atoms with Gasteiger partial charge in [0.25, 0.3) is 0 Å². The Morgan fingerprint density at radius 3 is 2.09 bits per heavy atom. The van der Waals surface area contributed by atoms with Crippen LogP contribution < -0.4 is 0 Å². The molecule has 2 atom stereocenters. The molecule has 1 heteroatoms. The van der Waals surface area contributed by atoms with Crippen molar-refractivity contribution < 1.29 is 0 Å². The second-order valence-electron chi connectivity index (χ2n) is 4.06. The average Bonchev–Trinajstić information content (AvgIpc) is 2.46. The summed E-state index contributed by atoms with van der Waals surface area (Å²) in [4.78, 5) is 2.51. The fourth-order valence-electron chi connectivity index (χ4n) is 2.69. The monoisotopic (exact) mass is 152 g/mol. The minimum Gasteiger partial charge on any atom is -0.303 e. The van der Waals surface area contributed by atoms with Crippen molar-refractivity contribution in [3.8, 4) is 0 Å². The van der Waals surface area contributed by atoms with Gasteiger partial charge in [-0.2, -0.15) is 0 Å². The third kappa shape index (κ3) is 1.44. The Hall–Kier alpha value is -0.0400. The molecule has 0 spiro atoms. The molecule has 2 rings (SSSR count). The van der Waals surface area contributed by atoms with E-state index in [4.69, 9.17) is 0 Å². The fourth-order valence-corrected chi connectivity index (χ4v) is 2.69. The van der Waals surface area contributed by atoms with Crippen LogP contribution in [-0.2, 0) is 0 Å². The Bertz CT molecular complexity index is 119. The van der Waals surface area contributed by atoms with Gasteiger partial charge in [-0.05, 0) is 38.1 Å². The summed E-state index contributed by atoms with van der Waals surface area (Å²) in [5.41, 5.74) is 0. The molecule has 1 heterocycles. The van der Waals surface area contributed by atoms with Gasteiger partial charge in [0.2, 0.25) is 0 Å². The zero-order chi connectivity index (χ0) is 7.68. The molecule has 1 radical (unpaired) electrons. The lowest BCUT2D eigenvalue weighted by atomic mass is 9.82. The van der Waals surface area contributed by atoms with E-state index < -0.39 is 0 Å². The van der Waals surface area contributed by atoms with E-state index >= 15 is 0 Å². The summed E-state index contributed by atoms with van der Waals surface area (Å²) in [7, 11) is 0. The average molecular weight is 152 g/mol. The SMILES string of the molecule is [CH2]CN1CC2CCCCC2C1. The van der Waals surface area contributed by atoms with Crippen molar-refractivity contribution in [3.63, 3.8) is 0 Å². The van der Waals surface area contributed by atoms with Gasteiger partial charge in [0, 0.05) is 13.1 Å². The summed E-state index contributed by atoms with van der Waals surface area (Å²) in [6.45, 7) is 7.66. The molecule has 1 aliphatic heterocycles. The van der Waals surface area contributed by atoms with E-state index in [1.165, 1.54) is 38.8 Å². The lowest BCUT2D eigenvalue weighted by Gasteiger charge is -2.23. The molecular weight excluding hydrogens is 134 g/mol. The maximum Gasteiger partial charge on any atom is 0.00129 e. The largest absolute Gasteiger partial charge is 0.303 e. The summed E-state index contributed by atoms with van der Waals surface area (Å²) >= 11 is 0. The summed E-state index contributed by atoms with van der Waals surface area (Å²) in [5, 5.41) is 0. The minimum atomic E-state index is 1.02. The molecule has 2 unspecified atom stereocenters. The normalized spacial score (nSPS) is 39.0. The molecule has 0 bridgehead atoms. The van der Waals surface area contributed by atoms with Gasteiger partial charge in [-0.1, -0.05) is 12.8 Å². The molecule has 0 aromatic carbocycles. The van der Waals surface area contributed by atoms with Crippen LogP contribution in [-0.4, -0.2) is 24.5 Å². The topological polar surface area (TPSA) is 3.24 Å². The highest BCUT2D eigenvalue weighted by molar-refractivity contribution is 4.86. The highest BCUT2D eigenvalue weighted by Crippen LogP contribution is 2.35. The van der Waals surface area contributed by atoms with E-state index in [0.29, 0.717) is 0 Å². The molecule has 0 amide bonds. The van der Waals surface area contributed by atoms with Crippen molar-refractivity contribution in [2.75, 3.05) is 19.6 Å². The zero-order valence-electron chi connectivity index (χ0n) is 7.26. The van der Waals surface area contributed by atoms with E-state index in [1.54, 1.807) is 0 Å². The van der Waals surface area contributed by atoms with Crippen LogP contribution in [0.2, 0.25) is 0 Å². The third-order valence-electron chi connectivity index (χ3n) is 3.37. The molecule has 1 saturated heterocycles. The summed E-state index contributed by atoms with van der Waals surface area (Å²) in [5.74, 6) is 2.07. The number of hydrogen-bond acceptors (Lipinski definition) is 1. The van der Waals surface area contributed by atoms with E-state index in [2.05, 4.69) is 11.8 Å². The van der Waals surface area contributed by atoms with E-state index in [-0.39, 0.29) is 0 Å². The van der Waals surface area contributed by atoms with Gasteiger partial charge in [0.1, 0.15) is 0 Å². The molecule has 1 aliphatic carbocycles. The van der Waals surface area contributed by atoms with Gasteiger partial charge in [-0.25, -0.2) is 0 Å². The van der Waals surface area contributed by atoms with E-state index in [0.717, 1.165) is 18.4 Å². The molecule has 1 saturated carbocycles. The summed E-state index contributed by atoms with van der Waals surface area (Å²) in [6, 6.07) is 0. The van der Waals surface area contributed by atoms with Crippen molar-refractivity contribution in [1.29, 1.82) is 0 Å². The van der Waals surface area contributed by atoms with Crippen LogP contribution in [0, 0.1) is 18.8 Å². The first kappa shape index (κ1) is 7.60. The lowest BCUT2D eigenvalue weighted by molar-refractivity contribution is 0.299. The highest BCUT2D eigenvalue weighted by Gasteiger charge is 2.33. The Labute approximate surface area is 69.8 Å². The molecule has 63 valence electrons. The second kappa shape index (κ2) is 3.14. The Morgan fingerprint density at radius 2 is 1.64 bits per heavy atom. The Kier molecular flexibility index (Phi) is 2.17. The molecule has 0 aromatic rings. The van der Waals surface area contributed by atoms with Crippen LogP contribution in [0.1, 0.15) is 25.7 Å². The van der Waals surface area contributed by atoms with Gasteiger partial charge in [0.15, 0.2) is 0 Å². The smallest absolute Gasteiger partial charge is 0.00129 e. The van der Waals surface area contributed by atoms with Crippen molar-refractivity contribution >= 4 is 0 Å². The van der Waals surface area contributed by atoms with Crippen LogP contribution in [0.4, 0.5) is 0 Å². The Morgan fingerprint density at radius 1 is 1.09 bits per heavy atom. The number of fused-ring (bicyclic) bond motifs is 1. The number of nitrogens with zero attached hydrogens (tertiary/aromatic N) is 1. The van der Waals surface area contributed by atoms with Crippen molar-refractivity contribution in [1.82, 2.24) is 4.90 Å². The molecule has 2 aliphatic rings. The minimum absolute atomic E-state index is 1.02. The van der Waals surface area contributed by atoms with Gasteiger partial charge >= 0.3 is 0 Å². The van der Waals surface area contributed by atoms with E-state index in [9.17, 15) is 0 Å². The first-order valence-corrected chi connectivity index (χ1v) is 4.92. The summed E-state index contributed by atoms with van der Waals surface area (Å²) < 4.78 is 0. The number of likely N-dealkylation sites (tertiary alicyclic amines) is 1. The molecule has 0 N–H and O–H groups in total. The van der Waals surface area contributed by atoms with Crippen molar-refractivity contribution in [2.45, 2.75) is 25.7 Å². The standard InChI is InChI=1S/C10H18N/c1-2-11-7-9-5-3-4-6-10(9)8-11/h9-10H,1-8H2. The first-order valence-electron chi connectivity index (χ1n) is 4.92. The van der Waals surface area contributed by atoms with Crippen LogP contribution in [0.5, 0.6) is 0 Å². The van der Waals surface area contributed by atoms with Crippen molar-refractivity contribution in [2.24, 2.45) is 11.8 Å². The predicted octanol–water partition coefficient (Wildman–Crippen LogP) is 1.94. The quantitative estimate of drug-likeness (QED) is 0.555. The molecule has 1 nitrogen and oxygen atoms in total. The lowest BCUT2D eigenvalue weighted by Crippen LogP contribution is -2.19. The molecular formula is C10H18N. The first-order chi connectivity index (χ1) is 5.40. The third-order valence-corrected chi connectivity index (χ3v) is 3.37. The van der Waals surface area contributed by atoms with Crippen LogP contribution >= 0.6 is 0 Å². The fraction of sp³-hybridized carbons (Fsp3) is 0.900. The van der Waals surface area contributed by atoms with Gasteiger partial charge in [-0.3, -0.25) is 0 Å². The highest BCUT2D eigenvalue weighted by atomic mass is 15.1. The molecule has 11 heavy (non-hydrogen) atoms. The van der Waals surface area contributed by atoms with Gasteiger partial charge < -0.3 is 4.90 Å². The van der Waals surface area contributed by atoms with Gasteiger partial charge in [-0.15, -0.1) is 0 Å². The second-order valence-corrected chi connectivity index (χ2v) is 4.06. The molecule has 2 fully saturated rings. The summed E-state index contributed by atoms with van der Waals surface area (Å²) in [6.07, 6.45) is 5.93.